The van der Waals surface area contributed by atoms with Crippen LogP contribution in [0.5, 0.6) is 0 Å². The molecule has 0 unspecified atom stereocenters. The molecule has 0 bridgehead atoms. The molecule has 1 aromatic carbocycles. The van der Waals surface area contributed by atoms with Gasteiger partial charge >= 0.3 is 11.9 Å². The number of rotatable bonds is 4. The normalized spacial score (nSPS) is 10.9. The third kappa shape index (κ3) is 3.38. The Hall–Kier alpha value is -2.70. The predicted molar refractivity (Wildman–Crippen MR) is 65.7 cm³/mol. The van der Waals surface area contributed by atoms with Crippen molar-refractivity contribution in [1.82, 2.24) is 0 Å². The minimum Gasteiger partial charge on any atom is -0.478 e. The fraction of sp³-hybridized carbons (Fsp3) is 0.167. The molecule has 19 heavy (non-hydrogen) atoms. The first-order valence-electron chi connectivity index (χ1n) is 5.15. The summed E-state index contributed by atoms with van der Waals surface area (Å²) >= 11 is 0. The van der Waals surface area contributed by atoms with Gasteiger partial charge in [-0.05, 0) is 25.1 Å². The summed E-state index contributed by atoms with van der Waals surface area (Å²) in [5, 5.41) is 19.7. The summed E-state index contributed by atoms with van der Waals surface area (Å²) < 4.78 is 4.46. The molecule has 7 nitrogen and oxygen atoms in total. The highest BCUT2D eigenvalue weighted by atomic mass is 16.6. The maximum absolute atomic E-state index is 11.3. The number of carbonyl (C=O) groups excluding carboxylic acids is 1. The van der Waals surface area contributed by atoms with Crippen LogP contribution in [0.1, 0.15) is 22.8 Å². The van der Waals surface area contributed by atoms with Crippen LogP contribution in [0, 0.1) is 10.1 Å². The molecule has 100 valence electrons. The van der Waals surface area contributed by atoms with Crippen molar-refractivity contribution in [2.45, 2.75) is 6.92 Å². The lowest BCUT2D eigenvalue weighted by molar-refractivity contribution is -0.385. The number of hydrogen-bond acceptors (Lipinski definition) is 5. The van der Waals surface area contributed by atoms with Crippen molar-refractivity contribution >= 4 is 23.7 Å². The highest BCUT2D eigenvalue weighted by molar-refractivity contribution is 5.94. The highest BCUT2D eigenvalue weighted by Crippen LogP contribution is 2.23. The van der Waals surface area contributed by atoms with Gasteiger partial charge in [-0.3, -0.25) is 10.1 Å². The lowest BCUT2D eigenvalue weighted by Gasteiger charge is -2.02. The largest absolute Gasteiger partial charge is 0.478 e. The van der Waals surface area contributed by atoms with Gasteiger partial charge < -0.3 is 9.84 Å². The molecule has 0 amide bonds. The van der Waals surface area contributed by atoms with Crippen LogP contribution in [0.2, 0.25) is 0 Å². The van der Waals surface area contributed by atoms with Crippen molar-refractivity contribution < 1.29 is 24.4 Å². The van der Waals surface area contributed by atoms with E-state index in [0.29, 0.717) is 0 Å². The monoisotopic (exact) mass is 265 g/mol. The van der Waals surface area contributed by atoms with Crippen molar-refractivity contribution in [1.29, 1.82) is 0 Å². The molecule has 1 aromatic rings. The first-order chi connectivity index (χ1) is 8.86. The third-order valence-corrected chi connectivity index (χ3v) is 2.36. The van der Waals surface area contributed by atoms with Crippen LogP contribution in [0.3, 0.4) is 0 Å². The average Bonchev–Trinajstić information content (AvgIpc) is 2.37. The number of esters is 1. The molecule has 0 heterocycles. The van der Waals surface area contributed by atoms with E-state index in [1.807, 2.05) is 0 Å². The standard InChI is InChI=1S/C12H11NO6/c1-7(11(14)15)5-8-3-4-9(12(16)19-2)6-10(8)13(17)18/h3-6H,1-2H3,(H,14,15)/b7-5+. The molecule has 0 saturated heterocycles. The van der Waals surface area contributed by atoms with E-state index in [-0.39, 0.29) is 22.4 Å². The number of hydrogen-bond donors (Lipinski definition) is 1. The first-order valence-corrected chi connectivity index (χ1v) is 5.15. The van der Waals surface area contributed by atoms with Crippen molar-refractivity contribution in [2.24, 2.45) is 0 Å². The van der Waals surface area contributed by atoms with Crippen molar-refractivity contribution in [2.75, 3.05) is 7.11 Å². The van der Waals surface area contributed by atoms with Crippen molar-refractivity contribution in [3.8, 4) is 0 Å². The number of carbonyl (C=O) groups is 2. The van der Waals surface area contributed by atoms with E-state index < -0.39 is 16.9 Å². The third-order valence-electron chi connectivity index (χ3n) is 2.36. The number of benzene rings is 1. The Labute approximate surface area is 108 Å². The van der Waals surface area contributed by atoms with Gasteiger partial charge in [0, 0.05) is 11.6 Å². The number of nitrogens with zero attached hydrogens (tertiary/aromatic N) is 1. The lowest BCUT2D eigenvalue weighted by Crippen LogP contribution is -2.03. The Kier molecular flexibility index (Phi) is 4.36. The van der Waals surface area contributed by atoms with Crippen LogP contribution in [-0.2, 0) is 9.53 Å². The van der Waals surface area contributed by atoms with E-state index >= 15 is 0 Å². The predicted octanol–water partition coefficient (Wildman–Crippen LogP) is 1.87. The molecule has 0 fully saturated rings. The number of carboxylic acids is 1. The molecule has 0 aliphatic carbocycles. The van der Waals surface area contributed by atoms with Crippen LogP contribution in [-0.4, -0.2) is 29.1 Å². The Morgan fingerprint density at radius 1 is 1.42 bits per heavy atom. The Bertz CT molecular complexity index is 576. The van der Waals surface area contributed by atoms with Gasteiger partial charge in [0.1, 0.15) is 0 Å². The van der Waals surface area contributed by atoms with Crippen molar-refractivity contribution in [3.05, 3.63) is 45.0 Å². The molecular weight excluding hydrogens is 254 g/mol. The molecule has 0 aromatic heterocycles. The van der Waals surface area contributed by atoms with Gasteiger partial charge in [0.05, 0.1) is 23.2 Å². The van der Waals surface area contributed by atoms with Crippen LogP contribution >= 0.6 is 0 Å². The molecule has 0 radical (unpaired) electrons. The topological polar surface area (TPSA) is 107 Å². The average molecular weight is 265 g/mol. The van der Waals surface area contributed by atoms with Crippen LogP contribution in [0.15, 0.2) is 23.8 Å². The summed E-state index contributed by atoms with van der Waals surface area (Å²) in [5.74, 6) is -1.88. The van der Waals surface area contributed by atoms with Gasteiger partial charge in [0.25, 0.3) is 5.69 Å². The Balaban J connectivity index is 3.35. The zero-order chi connectivity index (χ0) is 14.6. The minimum atomic E-state index is -1.17. The van der Waals surface area contributed by atoms with E-state index in [1.54, 1.807) is 0 Å². The van der Waals surface area contributed by atoms with Crippen LogP contribution < -0.4 is 0 Å². The smallest absolute Gasteiger partial charge is 0.338 e. The van der Waals surface area contributed by atoms with Gasteiger partial charge in [0.15, 0.2) is 0 Å². The quantitative estimate of drug-likeness (QED) is 0.385. The van der Waals surface area contributed by atoms with Gasteiger partial charge in [-0.2, -0.15) is 0 Å². The van der Waals surface area contributed by atoms with Gasteiger partial charge in [0.2, 0.25) is 0 Å². The lowest BCUT2D eigenvalue weighted by atomic mass is 10.1. The zero-order valence-electron chi connectivity index (χ0n) is 10.2. The number of nitro benzene ring substituents is 1. The van der Waals surface area contributed by atoms with E-state index in [4.69, 9.17) is 5.11 Å². The van der Waals surface area contributed by atoms with Crippen LogP contribution in [0.25, 0.3) is 6.08 Å². The number of methoxy groups -OCH3 is 1. The molecule has 1 N–H and O–H groups in total. The summed E-state index contributed by atoms with van der Waals surface area (Å²) in [4.78, 5) is 32.2. The van der Waals surface area contributed by atoms with Gasteiger partial charge in [-0.1, -0.05) is 0 Å². The summed E-state index contributed by atoms with van der Waals surface area (Å²) in [6.45, 7) is 1.32. The van der Waals surface area contributed by atoms with Gasteiger partial charge in [-0.15, -0.1) is 0 Å². The van der Waals surface area contributed by atoms with E-state index in [2.05, 4.69) is 4.74 Å². The molecule has 0 atom stereocenters. The number of nitro groups is 1. The minimum absolute atomic E-state index is 0.0272. The fourth-order valence-electron chi connectivity index (χ4n) is 1.36. The maximum Gasteiger partial charge on any atom is 0.338 e. The number of aliphatic carboxylic acids is 1. The first kappa shape index (κ1) is 14.4. The second-order valence-electron chi connectivity index (χ2n) is 3.65. The molecule has 0 spiro atoms. The zero-order valence-corrected chi connectivity index (χ0v) is 10.2. The molecule has 0 aliphatic heterocycles. The molecule has 0 saturated carbocycles. The Morgan fingerprint density at radius 2 is 2.05 bits per heavy atom. The second-order valence-corrected chi connectivity index (χ2v) is 3.65. The summed E-state index contributed by atoms with van der Waals surface area (Å²) in [6, 6.07) is 3.68. The van der Waals surface area contributed by atoms with Crippen molar-refractivity contribution in [3.63, 3.8) is 0 Å². The second kappa shape index (κ2) is 5.76. The number of ether oxygens (including phenoxy) is 1. The van der Waals surface area contributed by atoms with E-state index in [0.717, 1.165) is 13.2 Å². The van der Waals surface area contributed by atoms with E-state index in [9.17, 15) is 19.7 Å². The molecule has 7 heteroatoms. The summed E-state index contributed by atoms with van der Waals surface area (Å²) in [6.07, 6.45) is 1.17. The summed E-state index contributed by atoms with van der Waals surface area (Å²) in [7, 11) is 1.16. The Morgan fingerprint density at radius 3 is 2.53 bits per heavy atom. The molecule has 0 aliphatic rings. The summed E-state index contributed by atoms with van der Waals surface area (Å²) in [5.41, 5.74) is -0.269. The SMILES string of the molecule is COC(=O)c1ccc(/C=C(\C)C(=O)O)c([N+](=O)[O-])c1. The maximum atomic E-state index is 11.3. The van der Waals surface area contributed by atoms with Crippen LogP contribution in [0.4, 0.5) is 5.69 Å². The van der Waals surface area contributed by atoms with E-state index in [1.165, 1.54) is 25.1 Å². The van der Waals surface area contributed by atoms with Gasteiger partial charge in [-0.25, -0.2) is 9.59 Å². The fourth-order valence-corrected chi connectivity index (χ4v) is 1.36. The molecule has 1 rings (SSSR count). The molecular formula is C12H11NO6. The highest BCUT2D eigenvalue weighted by Gasteiger charge is 2.17. The number of carboxylic acid groups (broad SMARTS) is 1.